The lowest BCUT2D eigenvalue weighted by atomic mass is 9.68. The molecule has 1 spiro atoms. The summed E-state index contributed by atoms with van der Waals surface area (Å²) in [5, 5.41) is 0.0397. The number of thioether (sulfide) groups is 1. The van der Waals surface area contributed by atoms with Crippen LogP contribution in [-0.4, -0.2) is 23.1 Å². The fourth-order valence-corrected chi connectivity index (χ4v) is 6.03. The smallest absolute Gasteiger partial charge is 0.241 e. The van der Waals surface area contributed by atoms with E-state index >= 15 is 0 Å². The van der Waals surface area contributed by atoms with Crippen molar-refractivity contribution in [1.29, 1.82) is 0 Å². The summed E-state index contributed by atoms with van der Waals surface area (Å²) in [6.45, 7) is 9.14. The summed E-state index contributed by atoms with van der Waals surface area (Å²) in [6, 6.07) is 7.96. The van der Waals surface area contributed by atoms with Gasteiger partial charge in [-0.2, -0.15) is 0 Å². The molecule has 2 aliphatic rings. The van der Waals surface area contributed by atoms with E-state index < -0.39 is 0 Å². The van der Waals surface area contributed by atoms with Crippen LogP contribution >= 0.6 is 11.8 Å². The molecule has 1 aromatic rings. The highest BCUT2D eigenvalue weighted by atomic mass is 32.2. The average Bonchev–Trinajstić information content (AvgIpc) is 2.85. The van der Waals surface area contributed by atoms with Crippen molar-refractivity contribution in [2.24, 2.45) is 11.3 Å². The minimum atomic E-state index is -0.0641. The molecular formula is C21H31NO2S. The molecule has 1 heterocycles. The fourth-order valence-electron chi connectivity index (χ4n) is 4.39. The molecule has 0 unspecified atom stereocenters. The predicted molar refractivity (Wildman–Crippen MR) is 106 cm³/mol. The van der Waals surface area contributed by atoms with Crippen LogP contribution < -0.4 is 9.64 Å². The molecule has 0 N–H and O–H groups in total. The summed E-state index contributed by atoms with van der Waals surface area (Å²) in [4.78, 5) is 15.0. The second-order valence-electron chi connectivity index (χ2n) is 8.19. The number of anilines is 1. The van der Waals surface area contributed by atoms with Crippen LogP contribution in [0.4, 0.5) is 5.69 Å². The van der Waals surface area contributed by atoms with E-state index in [0.717, 1.165) is 30.2 Å². The van der Waals surface area contributed by atoms with Crippen LogP contribution in [0.2, 0.25) is 0 Å². The van der Waals surface area contributed by atoms with Crippen LogP contribution in [0, 0.1) is 11.3 Å². The van der Waals surface area contributed by atoms with Crippen molar-refractivity contribution in [3.05, 3.63) is 24.3 Å². The maximum Gasteiger partial charge on any atom is 0.241 e. The maximum absolute atomic E-state index is 12.9. The van der Waals surface area contributed by atoms with E-state index in [1.165, 1.54) is 19.3 Å². The van der Waals surface area contributed by atoms with Gasteiger partial charge >= 0.3 is 0 Å². The van der Waals surface area contributed by atoms with Crippen molar-refractivity contribution < 1.29 is 9.53 Å². The predicted octanol–water partition coefficient (Wildman–Crippen LogP) is 5.49. The second-order valence-corrected chi connectivity index (χ2v) is 9.90. The van der Waals surface area contributed by atoms with Crippen molar-refractivity contribution >= 4 is 23.4 Å². The zero-order valence-corrected chi connectivity index (χ0v) is 17.0. The Morgan fingerprint density at radius 2 is 1.84 bits per heavy atom. The molecule has 138 valence electrons. The number of carbonyl (C=O) groups is 1. The van der Waals surface area contributed by atoms with Crippen molar-refractivity contribution in [3.8, 4) is 5.75 Å². The van der Waals surface area contributed by atoms with Gasteiger partial charge in [-0.1, -0.05) is 27.2 Å². The molecule has 3 rings (SSSR count). The molecule has 1 aromatic carbocycles. The topological polar surface area (TPSA) is 29.5 Å². The summed E-state index contributed by atoms with van der Waals surface area (Å²) in [5.74, 6) is 1.84. The number of hydrogen-bond acceptors (Lipinski definition) is 3. The third-order valence-electron chi connectivity index (χ3n) is 6.49. The monoisotopic (exact) mass is 361 g/mol. The standard InChI is InChI=1S/C21H31NO2S/c1-6-20(3,4)16-11-13-21(14-12-16)22(19(23)15(2)25-21)17-7-9-18(24-5)10-8-17/h7-10,15-16H,6,11-14H2,1-5H3/t15-,16?,21?/m0/s1. The van der Waals surface area contributed by atoms with Gasteiger partial charge in [0.15, 0.2) is 0 Å². The number of ether oxygens (including phenoxy) is 1. The highest BCUT2D eigenvalue weighted by molar-refractivity contribution is 8.02. The molecule has 2 fully saturated rings. The third kappa shape index (κ3) is 3.30. The van der Waals surface area contributed by atoms with Crippen LogP contribution in [0.5, 0.6) is 5.75 Å². The Balaban J connectivity index is 1.85. The van der Waals surface area contributed by atoms with E-state index in [-0.39, 0.29) is 16.0 Å². The highest BCUT2D eigenvalue weighted by Crippen LogP contribution is 2.55. The van der Waals surface area contributed by atoms with E-state index in [1.807, 2.05) is 36.0 Å². The first-order valence-electron chi connectivity index (χ1n) is 9.49. The number of carbonyl (C=O) groups excluding carboxylic acids is 1. The van der Waals surface area contributed by atoms with Gasteiger partial charge < -0.3 is 4.74 Å². The minimum Gasteiger partial charge on any atom is -0.497 e. The summed E-state index contributed by atoms with van der Waals surface area (Å²) in [5.41, 5.74) is 1.40. The summed E-state index contributed by atoms with van der Waals surface area (Å²) >= 11 is 1.88. The summed E-state index contributed by atoms with van der Waals surface area (Å²) in [7, 11) is 1.67. The Morgan fingerprint density at radius 1 is 1.24 bits per heavy atom. The lowest BCUT2D eigenvalue weighted by molar-refractivity contribution is -0.118. The number of methoxy groups -OCH3 is 1. The van der Waals surface area contributed by atoms with Gasteiger partial charge in [-0.15, -0.1) is 11.8 Å². The molecule has 0 radical (unpaired) electrons. The van der Waals surface area contributed by atoms with E-state index in [9.17, 15) is 4.79 Å². The van der Waals surface area contributed by atoms with Gasteiger partial charge in [-0.05, 0) is 68.2 Å². The maximum atomic E-state index is 12.9. The van der Waals surface area contributed by atoms with Crippen LogP contribution in [0.1, 0.15) is 59.8 Å². The largest absolute Gasteiger partial charge is 0.497 e. The van der Waals surface area contributed by atoms with Crippen molar-refractivity contribution in [2.45, 2.75) is 69.9 Å². The molecule has 25 heavy (non-hydrogen) atoms. The molecule has 1 amide bonds. The van der Waals surface area contributed by atoms with Gasteiger partial charge in [0.05, 0.1) is 17.2 Å². The van der Waals surface area contributed by atoms with Crippen LogP contribution in [0.15, 0.2) is 24.3 Å². The third-order valence-corrected chi connectivity index (χ3v) is 8.07. The first-order valence-corrected chi connectivity index (χ1v) is 10.4. The van der Waals surface area contributed by atoms with Crippen LogP contribution in [-0.2, 0) is 4.79 Å². The Hall–Kier alpha value is -1.16. The van der Waals surface area contributed by atoms with Gasteiger partial charge in [-0.25, -0.2) is 0 Å². The van der Waals surface area contributed by atoms with Crippen LogP contribution in [0.3, 0.4) is 0 Å². The molecule has 3 nitrogen and oxygen atoms in total. The Labute approximate surface area is 156 Å². The first kappa shape index (κ1) is 18.6. The minimum absolute atomic E-state index is 0.0397. The number of benzene rings is 1. The van der Waals surface area contributed by atoms with Gasteiger partial charge in [0.1, 0.15) is 5.75 Å². The van der Waals surface area contributed by atoms with Crippen molar-refractivity contribution in [3.63, 3.8) is 0 Å². The number of rotatable bonds is 4. The highest BCUT2D eigenvalue weighted by Gasteiger charge is 2.53. The van der Waals surface area contributed by atoms with Crippen molar-refractivity contribution in [2.75, 3.05) is 12.0 Å². The quantitative estimate of drug-likeness (QED) is 0.710. The van der Waals surface area contributed by atoms with Gasteiger partial charge in [-0.3, -0.25) is 9.69 Å². The van der Waals surface area contributed by atoms with Gasteiger partial charge in [0, 0.05) is 5.69 Å². The molecule has 1 saturated heterocycles. The van der Waals surface area contributed by atoms with Crippen molar-refractivity contribution in [1.82, 2.24) is 0 Å². The van der Waals surface area contributed by atoms with E-state index in [2.05, 4.69) is 32.6 Å². The molecule has 0 bridgehead atoms. The summed E-state index contributed by atoms with van der Waals surface area (Å²) in [6.07, 6.45) is 5.82. The molecule has 1 aliphatic heterocycles. The number of hydrogen-bond donors (Lipinski definition) is 0. The molecule has 4 heteroatoms. The average molecular weight is 362 g/mol. The zero-order valence-electron chi connectivity index (χ0n) is 16.2. The van der Waals surface area contributed by atoms with Gasteiger partial charge in [0.2, 0.25) is 5.91 Å². The van der Waals surface area contributed by atoms with E-state index in [0.29, 0.717) is 5.41 Å². The normalized spacial score (nSPS) is 30.1. The molecular weight excluding hydrogens is 330 g/mol. The Kier molecular flexibility index (Phi) is 5.11. The first-order chi connectivity index (χ1) is 11.8. The zero-order chi connectivity index (χ0) is 18.2. The molecule has 1 saturated carbocycles. The van der Waals surface area contributed by atoms with E-state index in [1.54, 1.807) is 7.11 Å². The lowest BCUT2D eigenvalue weighted by Gasteiger charge is -2.46. The van der Waals surface area contributed by atoms with Crippen LogP contribution in [0.25, 0.3) is 0 Å². The molecule has 1 atom stereocenters. The lowest BCUT2D eigenvalue weighted by Crippen LogP contribution is -2.48. The molecule has 1 aliphatic carbocycles. The fraction of sp³-hybridized carbons (Fsp3) is 0.667. The van der Waals surface area contributed by atoms with E-state index in [4.69, 9.17) is 4.74 Å². The second kappa shape index (κ2) is 6.86. The number of nitrogens with zero attached hydrogens (tertiary/aromatic N) is 1. The number of amides is 1. The Morgan fingerprint density at radius 3 is 2.36 bits per heavy atom. The summed E-state index contributed by atoms with van der Waals surface area (Å²) < 4.78 is 5.27. The van der Waals surface area contributed by atoms with Gasteiger partial charge in [0.25, 0.3) is 0 Å². The SMILES string of the molecule is CCC(C)(C)C1CCC2(CC1)S[C@@H](C)C(=O)N2c1ccc(OC)cc1. The Bertz CT molecular complexity index is 617. The molecule has 0 aromatic heterocycles.